The number of nitrogens with zero attached hydrogens (tertiary/aromatic N) is 4. The smallest absolute Gasteiger partial charge is 0.226 e. The summed E-state index contributed by atoms with van der Waals surface area (Å²) in [5.41, 5.74) is 0.543. The van der Waals surface area contributed by atoms with E-state index in [-0.39, 0.29) is 24.7 Å². The van der Waals surface area contributed by atoms with Crippen LogP contribution in [0.2, 0.25) is 0 Å². The molecule has 7 heteroatoms. The molecule has 0 unspecified atom stereocenters. The molecule has 1 aromatic heterocycles. The summed E-state index contributed by atoms with van der Waals surface area (Å²) >= 11 is 0. The molecule has 1 fully saturated rings. The maximum absolute atomic E-state index is 13.2. The topological polar surface area (TPSA) is 69.6 Å². The second-order valence-corrected chi connectivity index (χ2v) is 6.94. The average Bonchev–Trinajstić information content (AvgIpc) is 3.00. The summed E-state index contributed by atoms with van der Waals surface area (Å²) in [6, 6.07) is 6.16. The summed E-state index contributed by atoms with van der Waals surface area (Å²) in [7, 11) is 1.68. The largest absolute Gasteiger partial charge is 0.386 e. The Morgan fingerprint density at radius 2 is 2.12 bits per heavy atom. The number of amides is 1. The van der Waals surface area contributed by atoms with Crippen LogP contribution in [-0.2, 0) is 11.2 Å². The van der Waals surface area contributed by atoms with Crippen molar-refractivity contribution in [3.05, 3.63) is 53.6 Å². The summed E-state index contributed by atoms with van der Waals surface area (Å²) in [5.74, 6) is 0.164. The van der Waals surface area contributed by atoms with Crippen molar-refractivity contribution in [2.24, 2.45) is 0 Å². The highest BCUT2D eigenvalue weighted by molar-refractivity contribution is 5.79. The molecule has 3 rings (SSSR count). The zero-order chi connectivity index (χ0) is 18.7. The van der Waals surface area contributed by atoms with Gasteiger partial charge in [-0.2, -0.15) is 0 Å². The Labute approximate surface area is 152 Å². The summed E-state index contributed by atoms with van der Waals surface area (Å²) in [5, 5.41) is 10.9. The van der Waals surface area contributed by atoms with Gasteiger partial charge in [-0.15, -0.1) is 0 Å². The zero-order valence-corrected chi connectivity index (χ0v) is 15.0. The number of likely N-dealkylation sites (N-methyl/N-ethyl adjacent to an activating group) is 1. The minimum absolute atomic E-state index is 0.109. The van der Waals surface area contributed by atoms with Crippen LogP contribution in [0.1, 0.15) is 17.5 Å². The van der Waals surface area contributed by atoms with Gasteiger partial charge >= 0.3 is 0 Å². The minimum Gasteiger partial charge on any atom is -0.386 e. The molecule has 1 aromatic carbocycles. The highest BCUT2D eigenvalue weighted by Gasteiger charge is 2.38. The first-order chi connectivity index (χ1) is 12.4. The van der Waals surface area contributed by atoms with Crippen LogP contribution < -0.4 is 4.90 Å². The molecule has 1 saturated heterocycles. The molecule has 0 bridgehead atoms. The number of anilines is 1. The lowest BCUT2D eigenvalue weighted by molar-refractivity contribution is -0.132. The molecule has 6 nitrogen and oxygen atoms in total. The maximum atomic E-state index is 13.2. The SMILES string of the molecule is Cc1cc(F)ccc1CC(=O)N(C)C[C@@]1(O)CCN(c2ncccn2)C1. The van der Waals surface area contributed by atoms with Gasteiger partial charge in [0, 0.05) is 26.0 Å². The van der Waals surface area contributed by atoms with E-state index in [9.17, 15) is 14.3 Å². The van der Waals surface area contributed by atoms with Gasteiger partial charge in [-0.1, -0.05) is 6.07 Å². The number of benzene rings is 1. The van der Waals surface area contributed by atoms with Gasteiger partial charge in [0.1, 0.15) is 11.4 Å². The molecule has 1 aliphatic heterocycles. The predicted molar refractivity (Wildman–Crippen MR) is 96.3 cm³/mol. The minimum atomic E-state index is -0.999. The van der Waals surface area contributed by atoms with E-state index < -0.39 is 5.60 Å². The Balaban J connectivity index is 1.60. The number of rotatable bonds is 5. The molecule has 1 amide bonds. The van der Waals surface area contributed by atoms with Gasteiger partial charge < -0.3 is 14.9 Å². The maximum Gasteiger partial charge on any atom is 0.226 e. The van der Waals surface area contributed by atoms with Crippen molar-refractivity contribution < 1.29 is 14.3 Å². The van der Waals surface area contributed by atoms with Crippen LogP contribution in [-0.4, -0.2) is 58.2 Å². The molecule has 0 spiro atoms. The van der Waals surface area contributed by atoms with Crippen LogP contribution in [0.25, 0.3) is 0 Å². The Morgan fingerprint density at radius 3 is 2.81 bits per heavy atom. The number of carbonyl (C=O) groups is 1. The van der Waals surface area contributed by atoms with Gasteiger partial charge in [0.05, 0.1) is 19.5 Å². The number of aromatic nitrogens is 2. The molecular formula is C19H23FN4O2. The third-order valence-electron chi connectivity index (χ3n) is 4.77. The molecule has 1 N–H and O–H groups in total. The Kier molecular flexibility index (Phi) is 5.18. The normalized spacial score (nSPS) is 19.6. The lowest BCUT2D eigenvalue weighted by atomic mass is 10.0. The van der Waals surface area contributed by atoms with Gasteiger partial charge in [-0.05, 0) is 42.7 Å². The second-order valence-electron chi connectivity index (χ2n) is 6.94. The van der Waals surface area contributed by atoms with Crippen molar-refractivity contribution in [2.75, 3.05) is 31.6 Å². The molecule has 0 aliphatic carbocycles. The third kappa shape index (κ3) is 4.16. The molecule has 26 heavy (non-hydrogen) atoms. The van der Waals surface area contributed by atoms with Crippen LogP contribution in [0.4, 0.5) is 10.3 Å². The van der Waals surface area contributed by atoms with Crippen LogP contribution in [0, 0.1) is 12.7 Å². The molecule has 2 aromatic rings. The van der Waals surface area contributed by atoms with E-state index in [4.69, 9.17) is 0 Å². The number of carbonyl (C=O) groups excluding carboxylic acids is 1. The predicted octanol–water partition coefficient (Wildman–Crippen LogP) is 1.57. The molecule has 0 saturated carbocycles. The molecular weight excluding hydrogens is 335 g/mol. The van der Waals surface area contributed by atoms with Gasteiger partial charge in [0.25, 0.3) is 0 Å². The molecule has 1 aliphatic rings. The molecule has 138 valence electrons. The number of aliphatic hydroxyl groups is 1. The molecule has 2 heterocycles. The average molecular weight is 358 g/mol. The van der Waals surface area contributed by atoms with E-state index in [0.717, 1.165) is 11.1 Å². The van der Waals surface area contributed by atoms with Crippen LogP contribution in [0.3, 0.4) is 0 Å². The van der Waals surface area contributed by atoms with Gasteiger partial charge in [0.15, 0.2) is 0 Å². The fourth-order valence-corrected chi connectivity index (χ4v) is 3.30. The van der Waals surface area contributed by atoms with Crippen LogP contribution in [0.5, 0.6) is 0 Å². The first-order valence-electron chi connectivity index (χ1n) is 8.60. The highest BCUT2D eigenvalue weighted by Crippen LogP contribution is 2.25. The first-order valence-corrected chi connectivity index (χ1v) is 8.60. The monoisotopic (exact) mass is 358 g/mol. The fourth-order valence-electron chi connectivity index (χ4n) is 3.30. The Hall–Kier alpha value is -2.54. The van der Waals surface area contributed by atoms with E-state index in [0.29, 0.717) is 25.5 Å². The van der Waals surface area contributed by atoms with Gasteiger partial charge in [-0.3, -0.25) is 4.79 Å². The molecule has 1 atom stereocenters. The number of hydrogen-bond donors (Lipinski definition) is 1. The number of halogens is 1. The lowest BCUT2D eigenvalue weighted by Gasteiger charge is -2.29. The zero-order valence-electron chi connectivity index (χ0n) is 15.0. The third-order valence-corrected chi connectivity index (χ3v) is 4.77. The fraction of sp³-hybridized carbons (Fsp3) is 0.421. The standard InChI is InChI=1S/C19H23FN4O2/c1-14-10-16(20)5-4-15(14)11-17(25)23(2)12-19(26)6-9-24(13-19)18-21-7-3-8-22-18/h3-5,7-8,10,26H,6,9,11-13H2,1-2H3/t19-/m0/s1. The summed E-state index contributed by atoms with van der Waals surface area (Å²) < 4.78 is 13.2. The quantitative estimate of drug-likeness (QED) is 0.879. The van der Waals surface area contributed by atoms with E-state index in [2.05, 4.69) is 9.97 Å². The highest BCUT2D eigenvalue weighted by atomic mass is 19.1. The summed E-state index contributed by atoms with van der Waals surface area (Å²) in [6.45, 7) is 3.03. The second kappa shape index (κ2) is 7.37. The van der Waals surface area contributed by atoms with Crippen molar-refractivity contribution in [1.29, 1.82) is 0 Å². The number of aryl methyl sites for hydroxylation is 1. The van der Waals surface area contributed by atoms with E-state index in [1.54, 1.807) is 38.5 Å². The van der Waals surface area contributed by atoms with Crippen molar-refractivity contribution in [3.63, 3.8) is 0 Å². The van der Waals surface area contributed by atoms with E-state index in [1.807, 2.05) is 4.90 Å². The number of hydrogen-bond acceptors (Lipinski definition) is 5. The first kappa shape index (κ1) is 18.3. The van der Waals surface area contributed by atoms with Crippen LogP contribution in [0.15, 0.2) is 36.7 Å². The summed E-state index contributed by atoms with van der Waals surface area (Å²) in [6.07, 6.45) is 4.06. The van der Waals surface area contributed by atoms with Crippen molar-refractivity contribution in [1.82, 2.24) is 14.9 Å². The Bertz CT molecular complexity index is 786. The van der Waals surface area contributed by atoms with Crippen molar-refractivity contribution in [2.45, 2.75) is 25.4 Å². The van der Waals surface area contributed by atoms with Gasteiger partial charge in [-0.25, -0.2) is 14.4 Å². The lowest BCUT2D eigenvalue weighted by Crippen LogP contribution is -2.46. The van der Waals surface area contributed by atoms with Crippen LogP contribution >= 0.6 is 0 Å². The van der Waals surface area contributed by atoms with Crippen molar-refractivity contribution >= 4 is 11.9 Å². The summed E-state index contributed by atoms with van der Waals surface area (Å²) in [4.78, 5) is 24.4. The number of β-amino-alcohol motifs (C(OH)–C–C–N with tert-alkyl or cyclic N) is 1. The van der Waals surface area contributed by atoms with Crippen molar-refractivity contribution in [3.8, 4) is 0 Å². The molecule has 0 radical (unpaired) electrons. The van der Waals surface area contributed by atoms with E-state index >= 15 is 0 Å². The van der Waals surface area contributed by atoms with E-state index in [1.165, 1.54) is 17.0 Å². The Morgan fingerprint density at radius 1 is 1.38 bits per heavy atom. The van der Waals surface area contributed by atoms with Gasteiger partial charge in [0.2, 0.25) is 11.9 Å².